The number of ether oxygens (including phenoxy) is 1. The van der Waals surface area contributed by atoms with E-state index in [1.165, 1.54) is 7.11 Å². The van der Waals surface area contributed by atoms with Crippen LogP contribution in [0.25, 0.3) is 0 Å². The predicted molar refractivity (Wildman–Crippen MR) is 71.2 cm³/mol. The second-order valence-corrected chi connectivity index (χ2v) is 7.29. The molecule has 1 amide bonds. The van der Waals surface area contributed by atoms with E-state index in [0.717, 1.165) is 12.8 Å². The van der Waals surface area contributed by atoms with E-state index in [0.29, 0.717) is 19.3 Å². The van der Waals surface area contributed by atoms with Gasteiger partial charge in [0.15, 0.2) is 0 Å². The Morgan fingerprint density at radius 1 is 1.20 bits per heavy atom. The summed E-state index contributed by atoms with van der Waals surface area (Å²) >= 11 is 0. The molecular weight excluding hydrogens is 284 g/mol. The van der Waals surface area contributed by atoms with Gasteiger partial charge in [-0.15, -0.1) is 0 Å². The largest absolute Gasteiger partial charge is 0.469 e. The lowest BCUT2D eigenvalue weighted by Gasteiger charge is -2.18. The number of carbonyl (C=O) groups excluding carboxylic acids is 2. The maximum Gasteiger partial charge on any atom is 0.310 e. The first-order valence-electron chi connectivity index (χ1n) is 6.79. The highest BCUT2D eigenvalue weighted by atomic mass is 32.2. The molecule has 2 aliphatic carbocycles. The summed E-state index contributed by atoms with van der Waals surface area (Å²) in [4.78, 5) is 23.1. The van der Waals surface area contributed by atoms with Crippen molar-refractivity contribution < 1.29 is 22.7 Å². The van der Waals surface area contributed by atoms with Crippen molar-refractivity contribution in [2.45, 2.75) is 43.4 Å². The van der Waals surface area contributed by atoms with Crippen molar-refractivity contribution in [1.82, 2.24) is 10.0 Å². The van der Waals surface area contributed by atoms with Gasteiger partial charge in [-0.1, -0.05) is 6.42 Å². The van der Waals surface area contributed by atoms with Crippen LogP contribution in [-0.4, -0.2) is 45.2 Å². The molecule has 114 valence electrons. The monoisotopic (exact) mass is 304 g/mol. The molecule has 2 unspecified atom stereocenters. The van der Waals surface area contributed by atoms with E-state index in [1.54, 1.807) is 0 Å². The highest BCUT2D eigenvalue weighted by Gasteiger charge is 2.42. The molecule has 0 saturated heterocycles. The van der Waals surface area contributed by atoms with Crippen molar-refractivity contribution in [2.75, 3.05) is 13.7 Å². The fraction of sp³-hybridized carbons (Fsp3) is 0.833. The molecule has 0 aliphatic heterocycles. The molecule has 2 saturated carbocycles. The van der Waals surface area contributed by atoms with Crippen molar-refractivity contribution in [1.29, 1.82) is 0 Å². The number of rotatable bonds is 6. The number of sulfonamides is 1. The maximum atomic E-state index is 12.2. The molecule has 2 N–H and O–H groups in total. The van der Waals surface area contributed by atoms with Gasteiger partial charge in [0.2, 0.25) is 15.9 Å². The molecule has 0 radical (unpaired) electrons. The third-order valence-corrected chi connectivity index (χ3v) is 5.64. The van der Waals surface area contributed by atoms with Crippen LogP contribution < -0.4 is 10.0 Å². The molecule has 7 nitrogen and oxygen atoms in total. The second-order valence-electron chi connectivity index (χ2n) is 5.31. The molecule has 2 aliphatic rings. The topological polar surface area (TPSA) is 102 Å². The van der Waals surface area contributed by atoms with Gasteiger partial charge in [-0.05, 0) is 25.7 Å². The number of amides is 1. The Balaban J connectivity index is 1.91. The summed E-state index contributed by atoms with van der Waals surface area (Å²) in [6.45, 7) is -0.275. The lowest BCUT2D eigenvalue weighted by Crippen LogP contribution is -2.44. The Hall–Kier alpha value is -1.15. The quantitative estimate of drug-likeness (QED) is 0.646. The van der Waals surface area contributed by atoms with Gasteiger partial charge in [0, 0.05) is 6.04 Å². The van der Waals surface area contributed by atoms with Gasteiger partial charge in [-0.25, -0.2) is 13.1 Å². The smallest absolute Gasteiger partial charge is 0.310 e. The lowest BCUT2D eigenvalue weighted by molar-refractivity contribution is -0.145. The zero-order valence-corrected chi connectivity index (χ0v) is 12.2. The Bertz CT molecular complexity index is 486. The number of hydrogen-bond donors (Lipinski definition) is 2. The van der Waals surface area contributed by atoms with Crippen LogP contribution in [-0.2, 0) is 24.3 Å². The molecule has 0 aromatic rings. The standard InChI is InChI=1S/C12H20N2O5S/c1-19-12(16)9-3-2-4-10(9)20(17,18)13-7-11(15)14-8-5-6-8/h8-10,13H,2-7H2,1H3,(H,14,15). The van der Waals surface area contributed by atoms with Gasteiger partial charge >= 0.3 is 5.97 Å². The molecule has 20 heavy (non-hydrogen) atoms. The van der Waals surface area contributed by atoms with Gasteiger partial charge in [0.05, 0.1) is 24.8 Å². The van der Waals surface area contributed by atoms with Crippen LogP contribution in [0.2, 0.25) is 0 Å². The minimum atomic E-state index is -3.69. The summed E-state index contributed by atoms with van der Waals surface area (Å²) in [6, 6.07) is 0.196. The Morgan fingerprint density at radius 3 is 2.50 bits per heavy atom. The average molecular weight is 304 g/mol. The molecule has 8 heteroatoms. The first-order valence-corrected chi connectivity index (χ1v) is 8.34. The molecule has 0 aromatic heterocycles. The second kappa shape index (κ2) is 6.09. The molecule has 0 heterocycles. The van der Waals surface area contributed by atoms with Crippen LogP contribution in [0.4, 0.5) is 0 Å². The van der Waals surface area contributed by atoms with Crippen LogP contribution in [0.15, 0.2) is 0 Å². The number of nitrogens with one attached hydrogen (secondary N) is 2. The Kier molecular flexibility index (Phi) is 4.64. The fourth-order valence-corrected chi connectivity index (χ4v) is 4.20. The Morgan fingerprint density at radius 2 is 1.90 bits per heavy atom. The van der Waals surface area contributed by atoms with E-state index in [4.69, 9.17) is 0 Å². The first kappa shape index (κ1) is 15.2. The first-order chi connectivity index (χ1) is 9.44. The maximum absolute atomic E-state index is 12.2. The SMILES string of the molecule is COC(=O)C1CCCC1S(=O)(=O)NCC(=O)NC1CC1. The molecule has 0 aromatic carbocycles. The average Bonchev–Trinajstić information content (AvgIpc) is 3.07. The zero-order valence-electron chi connectivity index (χ0n) is 11.4. The van der Waals surface area contributed by atoms with E-state index in [-0.39, 0.29) is 18.5 Å². The van der Waals surface area contributed by atoms with Gasteiger partial charge in [-0.3, -0.25) is 9.59 Å². The number of hydrogen-bond acceptors (Lipinski definition) is 5. The minimum Gasteiger partial charge on any atom is -0.469 e. The van der Waals surface area contributed by atoms with E-state index in [2.05, 4.69) is 14.8 Å². The minimum absolute atomic E-state index is 0.196. The van der Waals surface area contributed by atoms with Crippen LogP contribution in [0.3, 0.4) is 0 Å². The predicted octanol–water partition coefficient (Wildman–Crippen LogP) is -0.474. The molecule has 0 bridgehead atoms. The van der Waals surface area contributed by atoms with E-state index in [1.807, 2.05) is 0 Å². The number of methoxy groups -OCH3 is 1. The lowest BCUT2D eigenvalue weighted by atomic mass is 10.1. The molecule has 2 rings (SSSR count). The summed E-state index contributed by atoms with van der Waals surface area (Å²) in [5.74, 6) is -1.46. The van der Waals surface area contributed by atoms with E-state index >= 15 is 0 Å². The molecular formula is C12H20N2O5S. The molecule has 0 spiro atoms. The van der Waals surface area contributed by atoms with Gasteiger partial charge in [0.1, 0.15) is 0 Å². The van der Waals surface area contributed by atoms with Gasteiger partial charge in [0.25, 0.3) is 0 Å². The van der Waals surface area contributed by atoms with Crippen LogP contribution in [0.5, 0.6) is 0 Å². The summed E-state index contributed by atoms with van der Waals surface area (Å²) in [5.41, 5.74) is 0. The summed E-state index contributed by atoms with van der Waals surface area (Å²) in [7, 11) is -2.44. The number of carbonyl (C=O) groups is 2. The van der Waals surface area contributed by atoms with Crippen molar-refractivity contribution in [2.24, 2.45) is 5.92 Å². The highest BCUT2D eigenvalue weighted by molar-refractivity contribution is 7.90. The van der Waals surface area contributed by atoms with E-state index < -0.39 is 27.2 Å². The third-order valence-electron chi connectivity index (χ3n) is 3.73. The molecule has 2 fully saturated rings. The fourth-order valence-electron chi connectivity index (χ4n) is 2.50. The zero-order chi connectivity index (χ0) is 14.8. The van der Waals surface area contributed by atoms with Crippen molar-refractivity contribution in [3.8, 4) is 0 Å². The van der Waals surface area contributed by atoms with Gasteiger partial charge in [-0.2, -0.15) is 0 Å². The van der Waals surface area contributed by atoms with Crippen LogP contribution in [0.1, 0.15) is 32.1 Å². The summed E-state index contributed by atoms with van der Waals surface area (Å²) in [5, 5.41) is 1.90. The highest BCUT2D eigenvalue weighted by Crippen LogP contribution is 2.31. The van der Waals surface area contributed by atoms with E-state index in [9.17, 15) is 18.0 Å². The van der Waals surface area contributed by atoms with Crippen molar-refractivity contribution in [3.63, 3.8) is 0 Å². The van der Waals surface area contributed by atoms with Gasteiger partial charge < -0.3 is 10.1 Å². The van der Waals surface area contributed by atoms with Crippen molar-refractivity contribution >= 4 is 21.9 Å². The third kappa shape index (κ3) is 3.69. The Labute approximate surface area is 118 Å². The molecule has 2 atom stereocenters. The van der Waals surface area contributed by atoms with Crippen molar-refractivity contribution in [3.05, 3.63) is 0 Å². The summed E-state index contributed by atoms with van der Waals surface area (Å²) < 4.78 is 31.3. The summed E-state index contributed by atoms with van der Waals surface area (Å²) in [6.07, 6.45) is 3.49. The van der Waals surface area contributed by atoms with Crippen LogP contribution >= 0.6 is 0 Å². The normalized spacial score (nSPS) is 26.2. The van der Waals surface area contributed by atoms with Crippen LogP contribution in [0, 0.1) is 5.92 Å². The number of esters is 1.